The molecule has 0 fully saturated rings. The van der Waals surface area contributed by atoms with Crippen molar-refractivity contribution in [1.82, 2.24) is 5.32 Å². The van der Waals surface area contributed by atoms with Gasteiger partial charge in [-0.2, -0.15) is 0 Å². The second-order valence-electron chi connectivity index (χ2n) is 17.8. The van der Waals surface area contributed by atoms with Gasteiger partial charge in [0.1, 0.15) is 12.7 Å². The number of allylic oxidation sites excluding steroid dienone is 14. The lowest BCUT2D eigenvalue weighted by atomic mass is 10.0. The smallest absolute Gasteiger partial charge is 0.463 e. The van der Waals surface area contributed by atoms with E-state index in [4.69, 9.17) is 13.8 Å². The molecule has 386 valence electrons. The Labute approximate surface area is 411 Å². The summed E-state index contributed by atoms with van der Waals surface area (Å²) in [5, 5.41) is 12.8. The number of carbonyl (C=O) groups excluding carboxylic acids is 2. The highest BCUT2D eigenvalue weighted by atomic mass is 31.2. The van der Waals surface area contributed by atoms with Crippen LogP contribution in [0.5, 0.6) is 0 Å². The van der Waals surface area contributed by atoms with Gasteiger partial charge < -0.3 is 20.1 Å². The van der Waals surface area contributed by atoms with Gasteiger partial charge in [0.15, 0.2) is 0 Å². The Morgan fingerprint density at radius 2 is 0.851 bits per heavy atom. The van der Waals surface area contributed by atoms with E-state index in [-0.39, 0.29) is 32.1 Å². The van der Waals surface area contributed by atoms with Gasteiger partial charge in [0, 0.05) is 19.4 Å². The fourth-order valence-electron chi connectivity index (χ4n) is 7.26. The van der Waals surface area contributed by atoms with Crippen LogP contribution in [0.4, 0.5) is 0 Å². The highest BCUT2D eigenvalue weighted by molar-refractivity contribution is 7.47. The first-order valence-corrected chi connectivity index (χ1v) is 28.6. The van der Waals surface area contributed by atoms with Gasteiger partial charge in [-0.15, -0.1) is 0 Å². The first kappa shape index (κ1) is 64.2. The van der Waals surface area contributed by atoms with Crippen LogP contribution in [0.25, 0.3) is 0 Å². The van der Waals surface area contributed by atoms with E-state index in [0.29, 0.717) is 12.8 Å². The molecule has 0 saturated carbocycles. The molecule has 3 N–H and O–H groups in total. The van der Waals surface area contributed by atoms with Crippen molar-refractivity contribution in [3.63, 3.8) is 0 Å². The molecule has 0 rings (SSSR count). The maximum absolute atomic E-state index is 12.2. The molecule has 1 amide bonds. The van der Waals surface area contributed by atoms with Crippen LogP contribution in [0.3, 0.4) is 0 Å². The van der Waals surface area contributed by atoms with Crippen molar-refractivity contribution in [2.45, 2.75) is 238 Å². The van der Waals surface area contributed by atoms with E-state index in [2.05, 4.69) is 104 Å². The van der Waals surface area contributed by atoms with Crippen LogP contribution >= 0.6 is 7.82 Å². The van der Waals surface area contributed by atoms with Gasteiger partial charge in [0.05, 0.1) is 13.2 Å². The summed E-state index contributed by atoms with van der Waals surface area (Å²) >= 11 is 0. The summed E-state index contributed by atoms with van der Waals surface area (Å²) < 4.78 is 27.0. The number of phosphoric ester groups is 1. The number of nitrogens with one attached hydrogen (secondary N) is 1. The largest absolute Gasteiger partial charge is 0.472 e. The van der Waals surface area contributed by atoms with Crippen molar-refractivity contribution in [3.05, 3.63) is 85.1 Å². The number of phosphoric acid groups is 1. The molecule has 0 aliphatic carbocycles. The van der Waals surface area contributed by atoms with Crippen molar-refractivity contribution in [1.29, 1.82) is 0 Å². The molecule has 0 radical (unpaired) electrons. The topological polar surface area (TPSA) is 131 Å². The number of amides is 1. The highest BCUT2D eigenvalue weighted by Crippen LogP contribution is 2.42. The zero-order chi connectivity index (χ0) is 48.8. The van der Waals surface area contributed by atoms with Crippen molar-refractivity contribution in [2.75, 3.05) is 26.4 Å². The third kappa shape index (κ3) is 54.0. The van der Waals surface area contributed by atoms with Crippen LogP contribution < -0.4 is 5.32 Å². The summed E-state index contributed by atoms with van der Waals surface area (Å²) in [5.74, 6) is -0.542. The number of esters is 1. The molecule has 0 heterocycles. The minimum absolute atomic E-state index is 0.0755. The van der Waals surface area contributed by atoms with Crippen molar-refractivity contribution < 1.29 is 37.9 Å². The lowest BCUT2D eigenvalue weighted by Crippen LogP contribution is -2.27. The monoisotopic (exact) mass is 958 g/mol. The maximum atomic E-state index is 12.2. The molecule has 2 unspecified atom stereocenters. The fourth-order valence-corrected chi connectivity index (χ4v) is 8.02. The Kier molecular flexibility index (Phi) is 50.4. The van der Waals surface area contributed by atoms with Crippen LogP contribution in [0.1, 0.15) is 232 Å². The van der Waals surface area contributed by atoms with Crippen LogP contribution in [0, 0.1) is 0 Å². The average Bonchev–Trinajstić information content (AvgIpc) is 3.32. The molecule has 2 atom stereocenters. The summed E-state index contributed by atoms with van der Waals surface area (Å²) in [7, 11) is -4.44. The molecular formula is C57H100NO8P. The number of unbranched alkanes of at least 4 members (excludes halogenated alkanes) is 23. The van der Waals surface area contributed by atoms with E-state index < -0.39 is 26.5 Å². The van der Waals surface area contributed by atoms with E-state index in [9.17, 15) is 24.2 Å². The first-order valence-electron chi connectivity index (χ1n) is 27.1. The van der Waals surface area contributed by atoms with Crippen molar-refractivity contribution in [3.8, 4) is 0 Å². The van der Waals surface area contributed by atoms with E-state index in [1.165, 1.54) is 116 Å². The molecule has 0 aromatic heterocycles. The molecular weight excluding hydrogens is 858 g/mol. The Hall–Kier alpha value is -2.81. The number of carbonyl (C=O) groups is 2. The molecule has 0 saturated heterocycles. The highest BCUT2D eigenvalue weighted by Gasteiger charge is 2.23. The number of hydrogen-bond donors (Lipinski definition) is 3. The number of aliphatic hydroxyl groups excluding tert-OH is 1. The molecule has 0 aromatic carbocycles. The van der Waals surface area contributed by atoms with E-state index in [1.54, 1.807) is 0 Å². The predicted octanol–water partition coefficient (Wildman–Crippen LogP) is 16.3. The number of rotatable bonds is 50. The van der Waals surface area contributed by atoms with Crippen LogP contribution in [0.15, 0.2) is 85.1 Å². The lowest BCUT2D eigenvalue weighted by Gasteiger charge is -2.15. The van der Waals surface area contributed by atoms with Gasteiger partial charge in [0.25, 0.3) is 0 Å². The Bertz CT molecular complexity index is 1370. The standard InChI is InChI=1S/C57H100NO8P/c1-3-5-7-9-11-13-15-17-19-21-23-25-27-29-31-33-35-37-39-41-43-45-47-49-56(60)58-51-52-65-67(62,63)66-54-55(59)53-64-57(61)50-48-46-44-42-40-38-36-34-32-30-28-26-24-22-20-18-16-14-12-10-8-6-4-2/h6,8,12,14,17-20,24,26,30,32,36,38,55,59H,3-5,7,9-11,13,15-16,21-23,25,27-29,31,33-35,37,39-54H2,1-2H3,(H,58,60)(H,62,63)/b8-6-,14-12-,19-17+,20-18-,26-24-,32-30-,38-36-. The van der Waals surface area contributed by atoms with E-state index in [1.807, 2.05) is 0 Å². The Morgan fingerprint density at radius 1 is 0.478 bits per heavy atom. The third-order valence-corrected chi connectivity index (χ3v) is 12.3. The summed E-state index contributed by atoms with van der Waals surface area (Å²) in [6.45, 7) is 3.43. The second kappa shape index (κ2) is 52.6. The lowest BCUT2D eigenvalue weighted by molar-refractivity contribution is -0.147. The molecule has 0 aliphatic rings. The second-order valence-corrected chi connectivity index (χ2v) is 19.3. The molecule has 0 aliphatic heterocycles. The summed E-state index contributed by atoms with van der Waals surface area (Å²) in [6, 6.07) is 0. The maximum Gasteiger partial charge on any atom is 0.472 e. The molecule has 9 nitrogen and oxygen atoms in total. The van der Waals surface area contributed by atoms with Crippen molar-refractivity contribution in [2.24, 2.45) is 0 Å². The van der Waals surface area contributed by atoms with Gasteiger partial charge in [-0.1, -0.05) is 214 Å². The van der Waals surface area contributed by atoms with Gasteiger partial charge in [-0.05, 0) is 89.9 Å². The first-order chi connectivity index (χ1) is 32.8. The van der Waals surface area contributed by atoms with Crippen LogP contribution in [-0.2, 0) is 27.9 Å². The zero-order valence-electron chi connectivity index (χ0n) is 42.8. The average molecular weight is 958 g/mol. The van der Waals surface area contributed by atoms with E-state index >= 15 is 0 Å². The van der Waals surface area contributed by atoms with Crippen LogP contribution in [-0.4, -0.2) is 54.3 Å². The van der Waals surface area contributed by atoms with E-state index in [0.717, 1.165) is 83.5 Å². The zero-order valence-corrected chi connectivity index (χ0v) is 43.7. The van der Waals surface area contributed by atoms with Crippen molar-refractivity contribution >= 4 is 19.7 Å². The molecule has 0 spiro atoms. The molecule has 67 heavy (non-hydrogen) atoms. The predicted molar refractivity (Wildman–Crippen MR) is 284 cm³/mol. The number of aliphatic hydroxyl groups is 1. The minimum atomic E-state index is -4.44. The Morgan fingerprint density at radius 3 is 1.30 bits per heavy atom. The number of ether oxygens (including phenoxy) is 1. The summed E-state index contributed by atoms with van der Waals surface area (Å²) in [5.41, 5.74) is 0. The number of hydrogen-bond acceptors (Lipinski definition) is 7. The van der Waals surface area contributed by atoms with Gasteiger partial charge in [-0.3, -0.25) is 18.6 Å². The Balaban J connectivity index is 3.60. The quantitative estimate of drug-likeness (QED) is 0.0238. The molecule has 0 aromatic rings. The third-order valence-electron chi connectivity index (χ3n) is 11.3. The van der Waals surface area contributed by atoms with Gasteiger partial charge in [-0.25, -0.2) is 4.57 Å². The van der Waals surface area contributed by atoms with Gasteiger partial charge in [0.2, 0.25) is 5.91 Å². The fraction of sp³-hybridized carbons (Fsp3) is 0.719. The summed E-state index contributed by atoms with van der Waals surface area (Å²) in [6.07, 6.45) is 68.1. The minimum Gasteiger partial charge on any atom is -0.463 e. The van der Waals surface area contributed by atoms with Gasteiger partial charge >= 0.3 is 13.8 Å². The van der Waals surface area contributed by atoms with Crippen LogP contribution in [0.2, 0.25) is 0 Å². The SMILES string of the molecule is CC/C=C\C/C=C\C/C=C\C/C=C\C/C=C\C/C=C\CCCCCCC(=O)OCC(O)COP(=O)(O)OCCNC(=O)CCCCCCCCCCCCCCC/C=C/CCCCCCCC. The molecule has 10 heteroatoms. The molecule has 0 bridgehead atoms. The summed E-state index contributed by atoms with van der Waals surface area (Å²) in [4.78, 5) is 34.1. The normalized spacial score (nSPS) is 13.8.